The molecule has 0 saturated heterocycles. The van der Waals surface area contributed by atoms with Gasteiger partial charge in [0, 0.05) is 5.56 Å². The molecule has 0 N–H and O–H groups in total. The molecule has 0 spiro atoms. The van der Waals surface area contributed by atoms with Crippen molar-refractivity contribution in [1.29, 1.82) is 0 Å². The third kappa shape index (κ3) is 3.72. The van der Waals surface area contributed by atoms with Gasteiger partial charge in [0.25, 0.3) is 0 Å². The maximum absolute atomic E-state index is 11.0. The molecule has 0 fully saturated rings. The highest BCUT2D eigenvalue weighted by Gasteiger charge is 1.99. The Morgan fingerprint density at radius 1 is 1.13 bits per heavy atom. The number of nitrogens with zero attached hydrogens (tertiary/aromatic N) is 1. The Balaban J connectivity index is 2.89. The van der Waals surface area contributed by atoms with Gasteiger partial charge in [-0.2, -0.15) is 0 Å². The minimum Gasteiger partial charge on any atom is -0.295 e. The van der Waals surface area contributed by atoms with Crippen LogP contribution in [0.2, 0.25) is 0 Å². The normalized spacial score (nSPS) is 9.80. The van der Waals surface area contributed by atoms with Crippen molar-refractivity contribution in [1.82, 2.24) is 0 Å². The fraction of sp³-hybridized carbons (Fsp3) is 0.273. The molecule has 0 unspecified atom stereocenters. The number of carbonyl (C=O) groups is 1. The van der Waals surface area contributed by atoms with Crippen LogP contribution in [-0.4, -0.2) is 22.7 Å². The summed E-state index contributed by atoms with van der Waals surface area (Å²) in [6, 6.07) is 7.34. The highest BCUT2D eigenvalue weighted by Crippen LogP contribution is 2.19. The molecule has 0 bridgehead atoms. The van der Waals surface area contributed by atoms with Crippen molar-refractivity contribution < 1.29 is 4.79 Å². The SMILES string of the molecule is CSC(=Nc1ccc(C(C)=O)cc1)SC. The van der Waals surface area contributed by atoms with Crippen molar-refractivity contribution in [2.24, 2.45) is 4.99 Å². The molecule has 1 aromatic carbocycles. The topological polar surface area (TPSA) is 29.4 Å². The summed E-state index contributed by atoms with van der Waals surface area (Å²) in [5.74, 6) is 0.0838. The molecule has 1 aromatic rings. The van der Waals surface area contributed by atoms with E-state index in [0.29, 0.717) is 0 Å². The van der Waals surface area contributed by atoms with E-state index in [1.165, 1.54) is 0 Å². The molecule has 0 atom stereocenters. The first kappa shape index (κ1) is 12.3. The Labute approximate surface area is 98.6 Å². The van der Waals surface area contributed by atoms with E-state index in [1.54, 1.807) is 42.6 Å². The maximum Gasteiger partial charge on any atom is 0.159 e. The van der Waals surface area contributed by atoms with E-state index in [0.717, 1.165) is 15.6 Å². The van der Waals surface area contributed by atoms with Crippen LogP contribution in [0.25, 0.3) is 0 Å². The van der Waals surface area contributed by atoms with Gasteiger partial charge >= 0.3 is 0 Å². The van der Waals surface area contributed by atoms with Crippen molar-refractivity contribution in [3.63, 3.8) is 0 Å². The second-order valence-electron chi connectivity index (χ2n) is 2.89. The number of carbonyl (C=O) groups excluding carboxylic acids is 1. The van der Waals surface area contributed by atoms with Crippen molar-refractivity contribution >= 4 is 39.4 Å². The number of ketones is 1. The zero-order valence-electron chi connectivity index (χ0n) is 8.98. The molecule has 15 heavy (non-hydrogen) atoms. The van der Waals surface area contributed by atoms with Crippen LogP contribution < -0.4 is 0 Å². The molecule has 0 radical (unpaired) electrons. The molecule has 80 valence electrons. The van der Waals surface area contributed by atoms with Crippen LogP contribution in [0.5, 0.6) is 0 Å². The van der Waals surface area contributed by atoms with Crippen LogP contribution in [0, 0.1) is 0 Å². The van der Waals surface area contributed by atoms with Crippen molar-refractivity contribution in [3.05, 3.63) is 29.8 Å². The van der Waals surface area contributed by atoms with Crippen LogP contribution in [0.3, 0.4) is 0 Å². The quantitative estimate of drug-likeness (QED) is 0.448. The Morgan fingerprint density at radius 2 is 1.67 bits per heavy atom. The Kier molecular flexibility index (Phi) is 4.91. The third-order valence-electron chi connectivity index (χ3n) is 1.84. The van der Waals surface area contributed by atoms with E-state index >= 15 is 0 Å². The van der Waals surface area contributed by atoms with E-state index in [9.17, 15) is 4.79 Å². The molecule has 4 heteroatoms. The summed E-state index contributed by atoms with van der Waals surface area (Å²) in [5.41, 5.74) is 1.61. The Hall–Kier alpha value is -0.740. The van der Waals surface area contributed by atoms with Crippen molar-refractivity contribution in [2.45, 2.75) is 6.92 Å². The van der Waals surface area contributed by atoms with Crippen molar-refractivity contribution in [2.75, 3.05) is 12.5 Å². The van der Waals surface area contributed by atoms with Crippen molar-refractivity contribution in [3.8, 4) is 0 Å². The maximum atomic E-state index is 11.0. The second kappa shape index (κ2) is 5.98. The first-order valence-electron chi connectivity index (χ1n) is 4.45. The van der Waals surface area contributed by atoms with Gasteiger partial charge in [0.15, 0.2) is 5.78 Å². The van der Waals surface area contributed by atoms with Crippen LogP contribution in [0.4, 0.5) is 5.69 Å². The average molecular weight is 239 g/mol. The molecular formula is C11H13NOS2. The molecular weight excluding hydrogens is 226 g/mol. The molecule has 0 aliphatic carbocycles. The highest BCUT2D eigenvalue weighted by atomic mass is 32.2. The summed E-state index contributed by atoms with van der Waals surface area (Å²) >= 11 is 3.24. The van der Waals surface area contributed by atoms with Gasteiger partial charge in [-0.15, -0.1) is 23.5 Å². The van der Waals surface area contributed by atoms with Gasteiger partial charge in [-0.1, -0.05) is 0 Å². The standard InChI is InChI=1S/C11H13NOS2/c1-8(13)9-4-6-10(7-5-9)12-11(14-2)15-3/h4-7H,1-3H3. The molecule has 0 amide bonds. The summed E-state index contributed by atoms with van der Waals surface area (Å²) in [4.78, 5) is 15.5. The van der Waals surface area contributed by atoms with Crippen LogP contribution in [0.15, 0.2) is 29.3 Å². The monoisotopic (exact) mass is 239 g/mol. The summed E-state index contributed by atoms with van der Waals surface area (Å²) < 4.78 is 1.02. The smallest absolute Gasteiger partial charge is 0.159 e. The molecule has 1 rings (SSSR count). The molecule has 0 aliphatic heterocycles. The lowest BCUT2D eigenvalue weighted by molar-refractivity contribution is 0.101. The molecule has 0 saturated carbocycles. The molecule has 0 aromatic heterocycles. The highest BCUT2D eigenvalue weighted by molar-refractivity contribution is 8.38. The lowest BCUT2D eigenvalue weighted by Gasteiger charge is -1.99. The lowest BCUT2D eigenvalue weighted by atomic mass is 10.1. The fourth-order valence-corrected chi connectivity index (χ4v) is 2.11. The predicted molar refractivity (Wildman–Crippen MR) is 70.6 cm³/mol. The predicted octanol–water partition coefficient (Wildman–Crippen LogP) is 3.60. The van der Waals surface area contributed by atoms with E-state index in [2.05, 4.69) is 4.99 Å². The summed E-state index contributed by atoms with van der Waals surface area (Å²) in [6.07, 6.45) is 4.00. The Bertz CT molecular complexity index is 365. The molecule has 0 aliphatic rings. The lowest BCUT2D eigenvalue weighted by Crippen LogP contribution is -1.89. The number of Topliss-reactive ketones (excluding diaryl/α,β-unsaturated/α-hetero) is 1. The van der Waals surface area contributed by atoms with E-state index in [-0.39, 0.29) is 5.78 Å². The third-order valence-corrected chi connectivity index (χ3v) is 3.72. The second-order valence-corrected chi connectivity index (χ2v) is 4.74. The number of thioether (sulfide) groups is 2. The number of benzene rings is 1. The molecule has 2 nitrogen and oxygen atoms in total. The number of hydrogen-bond acceptors (Lipinski definition) is 4. The summed E-state index contributed by atoms with van der Waals surface area (Å²) in [6.45, 7) is 1.56. The first-order valence-corrected chi connectivity index (χ1v) is 6.90. The van der Waals surface area contributed by atoms with Gasteiger partial charge in [0.2, 0.25) is 0 Å². The minimum atomic E-state index is 0.0838. The minimum absolute atomic E-state index is 0.0838. The number of rotatable bonds is 2. The number of hydrogen-bond donors (Lipinski definition) is 0. The summed E-state index contributed by atoms with van der Waals surface area (Å²) in [5, 5.41) is 0. The summed E-state index contributed by atoms with van der Waals surface area (Å²) in [7, 11) is 0. The van der Waals surface area contributed by atoms with Gasteiger partial charge in [-0.25, -0.2) is 4.99 Å². The number of aliphatic imine (C=N–C) groups is 1. The van der Waals surface area contributed by atoms with E-state index in [1.807, 2.05) is 24.6 Å². The van der Waals surface area contributed by atoms with Crippen LogP contribution >= 0.6 is 23.5 Å². The zero-order valence-corrected chi connectivity index (χ0v) is 10.6. The Morgan fingerprint density at radius 3 is 2.07 bits per heavy atom. The first-order chi connectivity index (χ1) is 7.17. The molecule has 0 heterocycles. The largest absolute Gasteiger partial charge is 0.295 e. The van der Waals surface area contributed by atoms with Crippen LogP contribution in [-0.2, 0) is 0 Å². The van der Waals surface area contributed by atoms with Gasteiger partial charge in [-0.3, -0.25) is 4.79 Å². The van der Waals surface area contributed by atoms with E-state index in [4.69, 9.17) is 0 Å². The van der Waals surface area contributed by atoms with Gasteiger partial charge in [0.05, 0.1) is 5.69 Å². The van der Waals surface area contributed by atoms with Gasteiger partial charge < -0.3 is 0 Å². The van der Waals surface area contributed by atoms with Gasteiger partial charge in [-0.05, 0) is 43.7 Å². The van der Waals surface area contributed by atoms with Gasteiger partial charge in [0.1, 0.15) is 4.38 Å². The van der Waals surface area contributed by atoms with Crippen LogP contribution in [0.1, 0.15) is 17.3 Å². The fourth-order valence-electron chi connectivity index (χ4n) is 1.05. The zero-order chi connectivity index (χ0) is 11.3. The van der Waals surface area contributed by atoms with E-state index < -0.39 is 0 Å². The average Bonchev–Trinajstić information content (AvgIpc) is 2.26.